The molecule has 0 N–H and O–H groups in total. The van der Waals surface area contributed by atoms with Gasteiger partial charge in [0.2, 0.25) is 0 Å². The molecule has 0 fully saturated rings. The number of ether oxygens (including phenoxy) is 1. The number of hydrogen-bond acceptors (Lipinski definition) is 1. The van der Waals surface area contributed by atoms with Crippen LogP contribution in [0, 0.1) is 18.6 Å². The quantitative estimate of drug-likeness (QED) is 0.604. The predicted octanol–water partition coefficient (Wildman–Crippen LogP) is 4.67. The summed E-state index contributed by atoms with van der Waals surface area (Å²) in [5, 5.41) is 0. The summed E-state index contributed by atoms with van der Waals surface area (Å²) in [4.78, 5) is 0. The maximum atomic E-state index is 5.77. The summed E-state index contributed by atoms with van der Waals surface area (Å²) in [6, 6.07) is 9.26. The molecule has 1 nitrogen and oxygen atoms in total. The van der Waals surface area contributed by atoms with Crippen LogP contribution in [-0.4, -0.2) is 7.11 Å². The molecule has 1 aromatic carbocycles. The van der Waals surface area contributed by atoms with Gasteiger partial charge in [0.1, 0.15) is 5.76 Å². The van der Waals surface area contributed by atoms with E-state index >= 15 is 0 Å². The molecule has 0 heterocycles. The van der Waals surface area contributed by atoms with Gasteiger partial charge in [0.15, 0.2) is 0 Å². The Hall–Kier alpha value is -1.24. The summed E-state index contributed by atoms with van der Waals surface area (Å²) in [5.74, 6) is 1.21. The van der Waals surface area contributed by atoms with Gasteiger partial charge >= 0.3 is 0 Å². The lowest BCUT2D eigenvalue weighted by Gasteiger charge is -2.15. The van der Waals surface area contributed by atoms with Gasteiger partial charge in [-0.3, -0.25) is 0 Å². The van der Waals surface area contributed by atoms with Crippen molar-refractivity contribution < 1.29 is 4.74 Å². The van der Waals surface area contributed by atoms with Crippen molar-refractivity contribution in [3.8, 4) is 0 Å². The van der Waals surface area contributed by atoms with Crippen LogP contribution in [0.15, 0.2) is 18.2 Å². The van der Waals surface area contributed by atoms with Gasteiger partial charge in [-0.2, -0.15) is 0 Å². The van der Waals surface area contributed by atoms with Crippen LogP contribution < -0.4 is 0 Å². The molecule has 1 unspecified atom stereocenters. The topological polar surface area (TPSA) is 9.23 Å². The van der Waals surface area contributed by atoms with Crippen LogP contribution in [0.5, 0.6) is 0 Å². The second-order valence-electron chi connectivity index (χ2n) is 4.80. The third-order valence-corrected chi connectivity index (χ3v) is 3.42. The molecule has 0 aliphatic rings. The molecule has 0 spiro atoms. The molecule has 0 aromatic heterocycles. The van der Waals surface area contributed by atoms with Crippen LogP contribution in [0.4, 0.5) is 0 Å². The van der Waals surface area contributed by atoms with Crippen LogP contribution in [0.3, 0.4) is 0 Å². The van der Waals surface area contributed by atoms with Gasteiger partial charge in [-0.15, -0.1) is 0 Å². The lowest BCUT2D eigenvalue weighted by Crippen LogP contribution is -2.03. The molecule has 1 aromatic rings. The van der Waals surface area contributed by atoms with Crippen molar-refractivity contribution in [3.63, 3.8) is 0 Å². The van der Waals surface area contributed by atoms with E-state index in [9.17, 15) is 0 Å². The molecule has 0 bridgehead atoms. The maximum absolute atomic E-state index is 5.77. The first-order valence-electron chi connectivity index (χ1n) is 6.88. The van der Waals surface area contributed by atoms with Crippen LogP contribution >= 0.6 is 0 Å². The Kier molecular flexibility index (Phi) is 6.56. The zero-order chi connectivity index (χ0) is 13.4. The Bertz CT molecular complexity index is 368. The maximum Gasteiger partial charge on any atom is 0.126 e. The molecular weight excluding hydrogens is 220 g/mol. The minimum atomic E-state index is 0.443. The molecule has 98 valence electrons. The van der Waals surface area contributed by atoms with Gasteiger partial charge in [0.25, 0.3) is 0 Å². The van der Waals surface area contributed by atoms with Crippen molar-refractivity contribution in [1.82, 2.24) is 0 Å². The minimum absolute atomic E-state index is 0.443. The SMILES string of the molecule is [CH]=C(OC)c1[c]ccc(CC(CC)CCCC)c1. The third-order valence-electron chi connectivity index (χ3n) is 3.42. The first-order valence-corrected chi connectivity index (χ1v) is 6.88. The number of hydrogen-bond donors (Lipinski definition) is 0. The molecule has 1 atom stereocenters. The zero-order valence-electron chi connectivity index (χ0n) is 11.8. The fourth-order valence-electron chi connectivity index (χ4n) is 2.17. The first kappa shape index (κ1) is 14.8. The van der Waals surface area contributed by atoms with Crippen molar-refractivity contribution in [1.29, 1.82) is 0 Å². The summed E-state index contributed by atoms with van der Waals surface area (Å²) >= 11 is 0. The summed E-state index contributed by atoms with van der Waals surface area (Å²) in [6.45, 7) is 10.3. The van der Waals surface area contributed by atoms with E-state index < -0.39 is 0 Å². The van der Waals surface area contributed by atoms with E-state index in [4.69, 9.17) is 11.3 Å². The van der Waals surface area contributed by atoms with E-state index in [1.54, 1.807) is 7.11 Å². The zero-order valence-corrected chi connectivity index (χ0v) is 11.8. The Balaban J connectivity index is 2.68. The van der Waals surface area contributed by atoms with Crippen LogP contribution in [-0.2, 0) is 11.2 Å². The number of methoxy groups -OCH3 is 1. The number of rotatable bonds is 8. The molecule has 2 radical (unpaired) electrons. The Morgan fingerprint density at radius 3 is 2.83 bits per heavy atom. The monoisotopic (exact) mass is 244 g/mol. The highest BCUT2D eigenvalue weighted by atomic mass is 16.5. The fraction of sp³-hybridized carbons (Fsp3) is 0.529. The van der Waals surface area contributed by atoms with Gasteiger partial charge in [-0.05, 0) is 36.6 Å². The molecular formula is C17H24O. The summed E-state index contributed by atoms with van der Waals surface area (Å²) in [5.41, 5.74) is 2.19. The van der Waals surface area contributed by atoms with E-state index in [1.165, 1.54) is 31.2 Å². The van der Waals surface area contributed by atoms with E-state index in [2.05, 4.69) is 32.0 Å². The fourth-order valence-corrected chi connectivity index (χ4v) is 2.17. The van der Waals surface area contributed by atoms with Gasteiger partial charge in [0, 0.05) is 5.56 Å². The lowest BCUT2D eigenvalue weighted by molar-refractivity contribution is 0.370. The van der Waals surface area contributed by atoms with E-state index in [-0.39, 0.29) is 0 Å². The molecule has 0 aliphatic heterocycles. The van der Waals surface area contributed by atoms with Crippen molar-refractivity contribution in [2.75, 3.05) is 7.11 Å². The standard InChI is InChI=1S/C17H24O/c1-5-7-9-15(6-2)12-16-10-8-11-17(13-16)14(3)18-4/h3,8,10,13,15H,5-7,9,12H2,1-2,4H3. The van der Waals surface area contributed by atoms with Gasteiger partial charge in [0.05, 0.1) is 7.11 Å². The second-order valence-corrected chi connectivity index (χ2v) is 4.80. The lowest BCUT2D eigenvalue weighted by atomic mass is 9.91. The molecule has 1 heteroatoms. The van der Waals surface area contributed by atoms with E-state index in [1.807, 2.05) is 6.07 Å². The van der Waals surface area contributed by atoms with Gasteiger partial charge < -0.3 is 4.74 Å². The molecule has 18 heavy (non-hydrogen) atoms. The highest BCUT2D eigenvalue weighted by Gasteiger charge is 2.08. The normalized spacial score (nSPS) is 12.2. The van der Waals surface area contributed by atoms with Crippen LogP contribution in [0.2, 0.25) is 0 Å². The number of unbranched alkanes of at least 4 members (excludes halogenated alkanes) is 1. The molecule has 0 saturated carbocycles. The largest absolute Gasteiger partial charge is 0.496 e. The minimum Gasteiger partial charge on any atom is -0.496 e. The van der Waals surface area contributed by atoms with Gasteiger partial charge in [-0.25, -0.2) is 0 Å². The van der Waals surface area contributed by atoms with Crippen molar-refractivity contribution in [2.45, 2.75) is 46.0 Å². The second kappa shape index (κ2) is 7.97. The molecule has 0 aliphatic carbocycles. The smallest absolute Gasteiger partial charge is 0.126 e. The average Bonchev–Trinajstić information content (AvgIpc) is 2.42. The molecule has 1 rings (SSSR count). The molecule has 0 amide bonds. The third kappa shape index (κ3) is 4.56. The van der Waals surface area contributed by atoms with Crippen LogP contribution in [0.25, 0.3) is 5.76 Å². The van der Waals surface area contributed by atoms with Gasteiger partial charge in [-0.1, -0.05) is 51.7 Å². The molecule has 0 saturated heterocycles. The summed E-state index contributed by atoms with van der Waals surface area (Å²) < 4.78 is 5.05. The summed E-state index contributed by atoms with van der Waals surface area (Å²) in [7, 11) is 1.59. The van der Waals surface area contributed by atoms with Crippen LogP contribution in [0.1, 0.15) is 50.7 Å². The average molecular weight is 244 g/mol. The Morgan fingerprint density at radius 2 is 2.22 bits per heavy atom. The van der Waals surface area contributed by atoms with Crippen molar-refractivity contribution >= 4 is 5.76 Å². The predicted molar refractivity (Wildman–Crippen MR) is 77.0 cm³/mol. The highest BCUT2D eigenvalue weighted by Crippen LogP contribution is 2.21. The number of benzene rings is 1. The Morgan fingerprint density at radius 1 is 1.44 bits per heavy atom. The Labute approximate surface area is 112 Å². The van der Waals surface area contributed by atoms with Crippen molar-refractivity contribution in [2.24, 2.45) is 5.92 Å². The van der Waals surface area contributed by atoms with E-state index in [0.717, 1.165) is 17.9 Å². The van der Waals surface area contributed by atoms with E-state index in [0.29, 0.717) is 5.76 Å². The summed E-state index contributed by atoms with van der Waals surface area (Å²) in [6.07, 6.45) is 6.25. The van der Waals surface area contributed by atoms with Crippen molar-refractivity contribution in [3.05, 3.63) is 42.0 Å². The highest BCUT2D eigenvalue weighted by molar-refractivity contribution is 5.56. The first-order chi connectivity index (χ1) is 8.71.